The Morgan fingerprint density at radius 2 is 2.10 bits per heavy atom. The Hall–Kier alpha value is -2.34. The zero-order valence-electron chi connectivity index (χ0n) is 11.2. The third kappa shape index (κ3) is 2.04. The summed E-state index contributed by atoms with van der Waals surface area (Å²) in [5.41, 5.74) is 1.58. The van der Waals surface area contributed by atoms with Crippen LogP contribution in [0.2, 0.25) is 0 Å². The highest BCUT2D eigenvalue weighted by Crippen LogP contribution is 2.24. The highest BCUT2D eigenvalue weighted by atomic mass is 16.3. The lowest BCUT2D eigenvalue weighted by molar-refractivity contribution is 0.0735. The van der Waals surface area contributed by atoms with Crippen LogP contribution in [0.3, 0.4) is 0 Å². The Balaban J connectivity index is 1.97. The lowest BCUT2D eigenvalue weighted by Crippen LogP contribution is -2.53. The maximum atomic E-state index is 12.1. The molecule has 0 bridgehead atoms. The summed E-state index contributed by atoms with van der Waals surface area (Å²) in [5.74, 6) is 0.227. The van der Waals surface area contributed by atoms with Crippen LogP contribution in [-0.4, -0.2) is 33.5 Å². The van der Waals surface area contributed by atoms with E-state index in [2.05, 4.69) is 10.3 Å². The number of nitrogens with zero attached hydrogens (tertiary/aromatic N) is 3. The molecule has 0 saturated heterocycles. The number of amides is 1. The SMILES string of the molecule is CCN1c2ncn(Cc3ccccc3)c2C(=O)NC1O. The van der Waals surface area contributed by atoms with Gasteiger partial charge >= 0.3 is 0 Å². The lowest BCUT2D eigenvalue weighted by atomic mass is 10.2. The van der Waals surface area contributed by atoms with Gasteiger partial charge in [-0.1, -0.05) is 30.3 Å². The molecule has 0 radical (unpaired) electrons. The highest BCUT2D eigenvalue weighted by Gasteiger charge is 2.32. The summed E-state index contributed by atoms with van der Waals surface area (Å²) in [7, 11) is 0. The van der Waals surface area contributed by atoms with Crippen molar-refractivity contribution in [3.63, 3.8) is 0 Å². The van der Waals surface area contributed by atoms with Gasteiger partial charge in [0.2, 0.25) is 6.35 Å². The smallest absolute Gasteiger partial charge is 0.275 e. The maximum Gasteiger partial charge on any atom is 0.275 e. The van der Waals surface area contributed by atoms with Gasteiger partial charge in [0.25, 0.3) is 5.91 Å². The largest absolute Gasteiger partial charge is 0.356 e. The summed E-state index contributed by atoms with van der Waals surface area (Å²) in [6.07, 6.45) is 0.623. The molecule has 0 aliphatic carbocycles. The highest BCUT2D eigenvalue weighted by molar-refractivity contribution is 5.99. The van der Waals surface area contributed by atoms with E-state index in [0.29, 0.717) is 24.6 Å². The average Bonchev–Trinajstić information content (AvgIpc) is 2.84. The molecule has 2 N–H and O–H groups in total. The Kier molecular flexibility index (Phi) is 3.15. The summed E-state index contributed by atoms with van der Waals surface area (Å²) in [6, 6.07) is 9.87. The molecule has 0 saturated carbocycles. The van der Waals surface area contributed by atoms with Crippen molar-refractivity contribution in [1.29, 1.82) is 0 Å². The second-order valence-corrected chi connectivity index (χ2v) is 4.66. The van der Waals surface area contributed by atoms with Crippen LogP contribution in [0.5, 0.6) is 0 Å². The fourth-order valence-electron chi connectivity index (χ4n) is 2.42. The number of aromatic nitrogens is 2. The van der Waals surface area contributed by atoms with Crippen LogP contribution < -0.4 is 10.2 Å². The summed E-state index contributed by atoms with van der Waals surface area (Å²) in [6.45, 7) is 3.04. The Morgan fingerprint density at radius 1 is 1.35 bits per heavy atom. The number of rotatable bonds is 3. The van der Waals surface area contributed by atoms with E-state index in [4.69, 9.17) is 0 Å². The molecule has 1 aliphatic heterocycles. The first-order valence-corrected chi connectivity index (χ1v) is 6.55. The normalized spacial score (nSPS) is 17.8. The monoisotopic (exact) mass is 272 g/mol. The molecule has 2 aromatic rings. The number of imidazole rings is 1. The van der Waals surface area contributed by atoms with Crippen molar-refractivity contribution in [2.24, 2.45) is 0 Å². The van der Waals surface area contributed by atoms with Gasteiger partial charge in [-0.25, -0.2) is 4.98 Å². The van der Waals surface area contributed by atoms with Crippen molar-refractivity contribution in [1.82, 2.24) is 14.9 Å². The first kappa shape index (κ1) is 12.7. The number of fused-ring (bicyclic) bond motifs is 1. The standard InChI is InChI=1S/C14H16N4O2/c1-2-18-12-11(13(19)16-14(18)20)17(9-15-12)8-10-6-4-3-5-7-10/h3-7,9,14,20H,2,8H2,1H3,(H,16,19). The van der Waals surface area contributed by atoms with Crippen LogP contribution in [-0.2, 0) is 6.54 Å². The van der Waals surface area contributed by atoms with E-state index in [-0.39, 0.29) is 5.91 Å². The number of aliphatic hydroxyl groups is 1. The minimum atomic E-state index is -1.01. The molecule has 3 rings (SSSR count). The second kappa shape index (κ2) is 4.97. The van der Waals surface area contributed by atoms with Crippen LogP contribution in [0.1, 0.15) is 23.0 Å². The van der Waals surface area contributed by atoms with Crippen LogP contribution in [0.4, 0.5) is 5.82 Å². The zero-order chi connectivity index (χ0) is 14.1. The van der Waals surface area contributed by atoms with Gasteiger partial charge in [-0.05, 0) is 12.5 Å². The molecular formula is C14H16N4O2. The first-order chi connectivity index (χ1) is 9.70. The summed E-state index contributed by atoms with van der Waals surface area (Å²) in [5, 5.41) is 12.4. The van der Waals surface area contributed by atoms with Crippen LogP contribution in [0.15, 0.2) is 36.7 Å². The molecule has 20 heavy (non-hydrogen) atoms. The minimum Gasteiger partial charge on any atom is -0.356 e. The van der Waals surface area contributed by atoms with E-state index in [9.17, 15) is 9.90 Å². The van der Waals surface area contributed by atoms with Crippen molar-refractivity contribution in [3.05, 3.63) is 47.9 Å². The molecule has 0 spiro atoms. The number of hydrogen-bond donors (Lipinski definition) is 2. The number of hydrogen-bond acceptors (Lipinski definition) is 4. The van der Waals surface area contributed by atoms with E-state index in [1.807, 2.05) is 37.3 Å². The predicted octanol–water partition coefficient (Wildman–Crippen LogP) is 0.777. The van der Waals surface area contributed by atoms with Crippen molar-refractivity contribution >= 4 is 11.7 Å². The average molecular weight is 272 g/mol. The third-order valence-electron chi connectivity index (χ3n) is 3.40. The molecule has 1 aliphatic rings. The fourth-order valence-corrected chi connectivity index (χ4v) is 2.42. The Labute approximate surface area is 116 Å². The molecule has 6 heteroatoms. The van der Waals surface area contributed by atoms with Gasteiger partial charge < -0.3 is 19.9 Å². The quantitative estimate of drug-likeness (QED) is 0.866. The van der Waals surface area contributed by atoms with Crippen molar-refractivity contribution in [3.8, 4) is 0 Å². The van der Waals surface area contributed by atoms with Crippen LogP contribution >= 0.6 is 0 Å². The topological polar surface area (TPSA) is 70.4 Å². The number of aliphatic hydroxyl groups excluding tert-OH is 1. The van der Waals surface area contributed by atoms with Crippen LogP contribution in [0, 0.1) is 0 Å². The maximum absolute atomic E-state index is 12.1. The Bertz CT molecular complexity index is 623. The van der Waals surface area contributed by atoms with Gasteiger partial charge in [-0.3, -0.25) is 4.79 Å². The van der Waals surface area contributed by atoms with Gasteiger partial charge in [0.15, 0.2) is 11.5 Å². The first-order valence-electron chi connectivity index (χ1n) is 6.55. The van der Waals surface area contributed by atoms with Crippen molar-refractivity contribution in [2.45, 2.75) is 19.8 Å². The molecule has 1 aromatic carbocycles. The number of anilines is 1. The fraction of sp³-hybridized carbons (Fsp3) is 0.286. The Morgan fingerprint density at radius 3 is 2.80 bits per heavy atom. The van der Waals surface area contributed by atoms with Gasteiger partial charge in [0.05, 0.1) is 6.33 Å². The molecule has 1 unspecified atom stereocenters. The van der Waals surface area contributed by atoms with Crippen molar-refractivity contribution < 1.29 is 9.90 Å². The number of benzene rings is 1. The molecule has 6 nitrogen and oxygen atoms in total. The summed E-state index contributed by atoms with van der Waals surface area (Å²) >= 11 is 0. The molecular weight excluding hydrogens is 256 g/mol. The van der Waals surface area contributed by atoms with Gasteiger partial charge in [-0.15, -0.1) is 0 Å². The molecule has 1 aromatic heterocycles. The summed E-state index contributed by atoms with van der Waals surface area (Å²) in [4.78, 5) is 18.0. The van der Waals surface area contributed by atoms with E-state index in [1.54, 1.807) is 15.8 Å². The second-order valence-electron chi connectivity index (χ2n) is 4.66. The van der Waals surface area contributed by atoms with Gasteiger partial charge in [0, 0.05) is 13.1 Å². The third-order valence-corrected chi connectivity index (χ3v) is 3.40. The zero-order valence-corrected chi connectivity index (χ0v) is 11.2. The minimum absolute atomic E-state index is 0.300. The van der Waals surface area contributed by atoms with E-state index in [0.717, 1.165) is 5.56 Å². The van der Waals surface area contributed by atoms with Crippen LogP contribution in [0.25, 0.3) is 0 Å². The lowest BCUT2D eigenvalue weighted by Gasteiger charge is -2.32. The number of nitrogens with one attached hydrogen (secondary N) is 1. The van der Waals surface area contributed by atoms with Crippen molar-refractivity contribution in [2.75, 3.05) is 11.4 Å². The summed E-state index contributed by atoms with van der Waals surface area (Å²) < 4.78 is 1.80. The predicted molar refractivity (Wildman–Crippen MR) is 74.3 cm³/mol. The molecule has 0 fully saturated rings. The van der Waals surface area contributed by atoms with E-state index in [1.165, 1.54) is 0 Å². The van der Waals surface area contributed by atoms with E-state index < -0.39 is 6.35 Å². The molecule has 1 atom stereocenters. The number of carbonyl (C=O) groups excluding carboxylic acids is 1. The molecule has 2 heterocycles. The molecule has 104 valence electrons. The molecule has 1 amide bonds. The van der Waals surface area contributed by atoms with Gasteiger partial charge in [0.1, 0.15) is 0 Å². The number of carbonyl (C=O) groups is 1. The van der Waals surface area contributed by atoms with E-state index >= 15 is 0 Å². The van der Waals surface area contributed by atoms with Gasteiger partial charge in [-0.2, -0.15) is 0 Å².